The maximum absolute atomic E-state index is 12.3. The van der Waals surface area contributed by atoms with Crippen LogP contribution < -0.4 is 10.1 Å². The van der Waals surface area contributed by atoms with Crippen LogP contribution in [0.4, 0.5) is 5.69 Å². The third-order valence-electron chi connectivity index (χ3n) is 4.72. The van der Waals surface area contributed by atoms with Crippen LogP contribution in [-0.2, 0) is 18.3 Å². The Morgan fingerprint density at radius 1 is 1.44 bits per heavy atom. The summed E-state index contributed by atoms with van der Waals surface area (Å²) in [6, 6.07) is 5.95. The van der Waals surface area contributed by atoms with Crippen LogP contribution >= 0.6 is 0 Å². The second kappa shape index (κ2) is 5.45. The summed E-state index contributed by atoms with van der Waals surface area (Å²) >= 11 is 0. The topological polar surface area (TPSA) is 92.3 Å². The third kappa shape index (κ3) is 2.47. The largest absolute Gasteiger partial charge is 0.496 e. The van der Waals surface area contributed by atoms with Crippen molar-refractivity contribution >= 4 is 17.4 Å². The van der Waals surface area contributed by atoms with Gasteiger partial charge in [-0.05, 0) is 25.0 Å². The first-order valence-corrected chi connectivity index (χ1v) is 8.05. The average molecular weight is 335 g/mol. The highest BCUT2D eigenvalue weighted by Gasteiger charge is 2.51. The Morgan fingerprint density at radius 2 is 2.24 bits per heavy atom. The summed E-state index contributed by atoms with van der Waals surface area (Å²) in [6.45, 7) is 0. The molecule has 0 spiro atoms. The van der Waals surface area contributed by atoms with E-state index >= 15 is 0 Å². The number of hydrogen-bond donors (Lipinski definition) is 1. The van der Waals surface area contributed by atoms with E-state index in [1.54, 1.807) is 18.0 Å². The maximum Gasteiger partial charge on any atom is 0.245 e. The van der Waals surface area contributed by atoms with Crippen molar-refractivity contribution in [3.63, 3.8) is 0 Å². The molecule has 7 nitrogen and oxygen atoms in total. The normalized spacial score (nSPS) is 16.6. The minimum absolute atomic E-state index is 0.261. The van der Waals surface area contributed by atoms with Crippen LogP contribution in [0.5, 0.6) is 5.75 Å². The first kappa shape index (κ1) is 15.4. The molecule has 1 N–H and O–H groups in total. The van der Waals surface area contributed by atoms with Crippen molar-refractivity contribution in [3.8, 4) is 22.9 Å². The molecule has 0 bridgehead atoms. The number of ether oxygens (including phenoxy) is 1. The first-order chi connectivity index (χ1) is 12.1. The predicted octanol–water partition coefficient (Wildman–Crippen LogP) is 2.10. The van der Waals surface area contributed by atoms with Crippen LogP contribution in [0.15, 0.2) is 29.5 Å². The third-order valence-corrected chi connectivity index (χ3v) is 4.72. The number of amidine groups is 1. The number of carbonyl (C=O) groups is 1. The van der Waals surface area contributed by atoms with Crippen molar-refractivity contribution in [1.82, 2.24) is 15.1 Å². The number of rotatable bonds is 3. The van der Waals surface area contributed by atoms with Crippen LogP contribution in [0, 0.1) is 16.7 Å². The highest BCUT2D eigenvalue weighted by Crippen LogP contribution is 2.46. The molecular weight excluding hydrogens is 318 g/mol. The number of hydrogen-bond acceptors (Lipinski definition) is 5. The zero-order chi connectivity index (χ0) is 17.6. The molecule has 1 amide bonds. The molecule has 1 aromatic carbocycles. The van der Waals surface area contributed by atoms with Gasteiger partial charge in [0.2, 0.25) is 5.91 Å². The lowest BCUT2D eigenvalue weighted by atomic mass is 10.0. The molecule has 2 aliphatic rings. The van der Waals surface area contributed by atoms with E-state index in [1.807, 2.05) is 25.4 Å². The summed E-state index contributed by atoms with van der Waals surface area (Å²) in [5.41, 5.74) is 2.74. The van der Waals surface area contributed by atoms with E-state index in [1.165, 1.54) is 0 Å². The quantitative estimate of drug-likeness (QED) is 0.929. The smallest absolute Gasteiger partial charge is 0.245 e. The standard InChI is InChI=1S/C18H17N5O2/c1-23-9-11(8-20-23)12-3-4-14(25-2)13-7-15(21-16(12)13)22-17(24)18(10-19)5-6-18/h3-4,8-9H,5-7H2,1-2H3,(H,21,22,24). The zero-order valence-corrected chi connectivity index (χ0v) is 14.0. The Bertz CT molecular complexity index is 947. The number of nitrogens with one attached hydrogen (secondary N) is 1. The number of methoxy groups -OCH3 is 1. The lowest BCUT2D eigenvalue weighted by Gasteiger charge is -2.09. The van der Waals surface area contributed by atoms with Gasteiger partial charge in [0.15, 0.2) is 0 Å². The fraction of sp³-hybridized carbons (Fsp3) is 0.333. The Kier molecular flexibility index (Phi) is 3.35. The first-order valence-electron chi connectivity index (χ1n) is 8.05. The summed E-state index contributed by atoms with van der Waals surface area (Å²) in [7, 11) is 3.48. The molecule has 25 heavy (non-hydrogen) atoms. The molecule has 0 radical (unpaired) electrons. The van der Waals surface area contributed by atoms with Gasteiger partial charge in [-0.1, -0.05) is 0 Å². The molecule has 7 heteroatoms. The predicted molar refractivity (Wildman–Crippen MR) is 91.4 cm³/mol. The van der Waals surface area contributed by atoms with Crippen molar-refractivity contribution in [2.75, 3.05) is 7.11 Å². The summed E-state index contributed by atoms with van der Waals surface area (Å²) in [5.74, 6) is 1.02. The molecular formula is C18H17N5O2. The Balaban J connectivity index is 1.69. The monoisotopic (exact) mass is 335 g/mol. The molecule has 126 valence electrons. The van der Waals surface area contributed by atoms with E-state index in [0.717, 1.165) is 28.1 Å². The van der Waals surface area contributed by atoms with E-state index in [9.17, 15) is 10.1 Å². The van der Waals surface area contributed by atoms with Gasteiger partial charge < -0.3 is 10.1 Å². The van der Waals surface area contributed by atoms with Crippen molar-refractivity contribution in [1.29, 1.82) is 5.26 Å². The van der Waals surface area contributed by atoms with E-state index in [2.05, 4.69) is 21.5 Å². The molecule has 1 aliphatic heterocycles. The number of amides is 1. The summed E-state index contributed by atoms with van der Waals surface area (Å²) in [4.78, 5) is 16.9. The van der Waals surface area contributed by atoms with Gasteiger partial charge in [-0.3, -0.25) is 9.48 Å². The maximum atomic E-state index is 12.3. The van der Waals surface area contributed by atoms with Crippen molar-refractivity contribution < 1.29 is 9.53 Å². The second-order valence-electron chi connectivity index (χ2n) is 6.43. The highest BCUT2D eigenvalue weighted by atomic mass is 16.5. The molecule has 1 fully saturated rings. The number of nitriles is 1. The molecule has 2 heterocycles. The van der Waals surface area contributed by atoms with Crippen molar-refractivity contribution in [2.24, 2.45) is 17.5 Å². The Labute approximate surface area is 144 Å². The number of aromatic nitrogens is 2. The van der Waals surface area contributed by atoms with Crippen LogP contribution in [0.1, 0.15) is 18.4 Å². The SMILES string of the molecule is COc1ccc(-c2cnn(C)c2)c2c1CC(NC(=O)C1(C#N)CC1)=N2. The van der Waals surface area contributed by atoms with Gasteiger partial charge in [0.05, 0.1) is 25.1 Å². The lowest BCUT2D eigenvalue weighted by Crippen LogP contribution is -2.36. The minimum Gasteiger partial charge on any atom is -0.496 e. The number of benzene rings is 1. The van der Waals surface area contributed by atoms with E-state index < -0.39 is 5.41 Å². The summed E-state index contributed by atoms with van der Waals surface area (Å²) < 4.78 is 7.18. The Hall–Kier alpha value is -3.14. The summed E-state index contributed by atoms with van der Waals surface area (Å²) in [5, 5.41) is 16.2. The summed E-state index contributed by atoms with van der Waals surface area (Å²) in [6.07, 6.45) is 5.39. The molecule has 0 saturated heterocycles. The van der Waals surface area contributed by atoms with Gasteiger partial charge in [0.1, 0.15) is 17.0 Å². The van der Waals surface area contributed by atoms with Gasteiger partial charge >= 0.3 is 0 Å². The number of carbonyl (C=O) groups excluding carboxylic acids is 1. The number of aliphatic imine (C=N–C) groups is 1. The van der Waals surface area contributed by atoms with Crippen LogP contribution in [-0.4, -0.2) is 28.6 Å². The zero-order valence-electron chi connectivity index (χ0n) is 14.0. The van der Waals surface area contributed by atoms with E-state index in [0.29, 0.717) is 25.1 Å². The highest BCUT2D eigenvalue weighted by molar-refractivity contribution is 6.07. The van der Waals surface area contributed by atoms with Crippen molar-refractivity contribution in [3.05, 3.63) is 30.1 Å². The average Bonchev–Trinajstić information content (AvgIpc) is 3.13. The van der Waals surface area contributed by atoms with E-state index in [-0.39, 0.29) is 5.91 Å². The van der Waals surface area contributed by atoms with Crippen molar-refractivity contribution in [2.45, 2.75) is 19.3 Å². The molecule has 1 aromatic heterocycles. The molecule has 0 unspecified atom stereocenters. The van der Waals surface area contributed by atoms with Crippen LogP contribution in [0.25, 0.3) is 11.1 Å². The van der Waals surface area contributed by atoms with Crippen LogP contribution in [0.2, 0.25) is 0 Å². The lowest BCUT2D eigenvalue weighted by molar-refractivity contribution is -0.123. The van der Waals surface area contributed by atoms with Gasteiger partial charge in [0.25, 0.3) is 0 Å². The fourth-order valence-electron chi connectivity index (χ4n) is 3.08. The number of aryl methyl sites for hydroxylation is 1. The van der Waals surface area contributed by atoms with Crippen LogP contribution in [0.3, 0.4) is 0 Å². The Morgan fingerprint density at radius 3 is 2.84 bits per heavy atom. The number of fused-ring (bicyclic) bond motifs is 1. The minimum atomic E-state index is -0.867. The van der Waals surface area contributed by atoms with E-state index in [4.69, 9.17) is 4.74 Å². The number of nitrogens with zero attached hydrogens (tertiary/aromatic N) is 4. The van der Waals surface area contributed by atoms with Gasteiger partial charge in [-0.25, -0.2) is 4.99 Å². The van der Waals surface area contributed by atoms with Gasteiger partial charge in [0, 0.05) is 36.4 Å². The second-order valence-corrected chi connectivity index (χ2v) is 6.43. The molecule has 0 atom stereocenters. The molecule has 2 aromatic rings. The van der Waals surface area contributed by atoms with Gasteiger partial charge in [-0.15, -0.1) is 0 Å². The molecule has 1 aliphatic carbocycles. The fourth-order valence-corrected chi connectivity index (χ4v) is 3.08. The molecule has 1 saturated carbocycles. The molecule has 4 rings (SSSR count). The van der Waals surface area contributed by atoms with Gasteiger partial charge in [-0.2, -0.15) is 10.4 Å².